The fraction of sp³-hybridized carbons (Fsp3) is 0.407. The molecule has 1 fully saturated rings. The van der Waals surface area contributed by atoms with Crippen LogP contribution in [0, 0.1) is 6.92 Å². The van der Waals surface area contributed by atoms with E-state index in [0.29, 0.717) is 10.6 Å². The van der Waals surface area contributed by atoms with Crippen LogP contribution in [0.4, 0.5) is 0 Å². The Morgan fingerprint density at radius 2 is 1.59 bits per heavy atom. The number of fused-ring (bicyclic) bond motifs is 1. The molecular formula is C27H27NO12S. The maximum Gasteiger partial charge on any atom is 0.303 e. The van der Waals surface area contributed by atoms with Gasteiger partial charge in [0.15, 0.2) is 12.2 Å². The average Bonchev–Trinajstić information content (AvgIpc) is 3.31. The zero-order valence-electron chi connectivity index (χ0n) is 22.7. The van der Waals surface area contributed by atoms with Crippen LogP contribution < -0.4 is 10.2 Å². The molecule has 218 valence electrons. The van der Waals surface area contributed by atoms with Crippen LogP contribution in [0.2, 0.25) is 0 Å². The van der Waals surface area contributed by atoms with Gasteiger partial charge in [-0.3, -0.25) is 24.0 Å². The van der Waals surface area contributed by atoms with Crippen molar-refractivity contribution in [1.29, 1.82) is 0 Å². The molecule has 0 bridgehead atoms. The number of aryl methyl sites for hydroxylation is 1. The predicted molar refractivity (Wildman–Crippen MR) is 141 cm³/mol. The minimum absolute atomic E-state index is 0.138. The summed E-state index contributed by atoms with van der Waals surface area (Å²) in [7, 11) is 0. The fourth-order valence-electron chi connectivity index (χ4n) is 4.22. The highest BCUT2D eigenvalue weighted by Gasteiger charge is 2.53. The molecule has 41 heavy (non-hydrogen) atoms. The fourth-order valence-corrected chi connectivity index (χ4v) is 5.02. The molecular weight excluding hydrogens is 562 g/mol. The number of carbonyl (C=O) groups excluding carboxylic acids is 4. The van der Waals surface area contributed by atoms with Crippen LogP contribution in [0.15, 0.2) is 39.1 Å². The molecule has 0 saturated carbocycles. The Morgan fingerprint density at radius 1 is 0.927 bits per heavy atom. The highest BCUT2D eigenvalue weighted by atomic mass is 32.1. The van der Waals surface area contributed by atoms with Crippen LogP contribution in [0.3, 0.4) is 0 Å². The van der Waals surface area contributed by atoms with E-state index in [1.54, 1.807) is 0 Å². The van der Waals surface area contributed by atoms with Crippen LogP contribution in [-0.2, 0) is 42.9 Å². The van der Waals surface area contributed by atoms with Gasteiger partial charge in [-0.1, -0.05) is 0 Å². The molecule has 3 heterocycles. The van der Waals surface area contributed by atoms with Crippen molar-refractivity contribution in [2.75, 3.05) is 6.61 Å². The number of rotatable bonds is 8. The van der Waals surface area contributed by atoms with Gasteiger partial charge in [0.25, 0.3) is 0 Å². The molecule has 0 unspecified atom stereocenters. The number of thiazole rings is 1. The topological polar surface area (TPSA) is 167 Å². The largest absolute Gasteiger partial charge is 0.463 e. The minimum Gasteiger partial charge on any atom is -0.463 e. The monoisotopic (exact) mass is 589 g/mol. The van der Waals surface area contributed by atoms with E-state index in [2.05, 4.69) is 4.98 Å². The minimum atomic E-state index is -1.43. The summed E-state index contributed by atoms with van der Waals surface area (Å²) in [5.74, 6) is -2.79. The van der Waals surface area contributed by atoms with Gasteiger partial charge in [0.1, 0.15) is 35.3 Å². The first-order valence-electron chi connectivity index (χ1n) is 12.4. The summed E-state index contributed by atoms with van der Waals surface area (Å²) >= 11 is 1.32. The lowest BCUT2D eigenvalue weighted by atomic mass is 9.98. The Kier molecular flexibility index (Phi) is 9.03. The molecule has 4 rings (SSSR count). The SMILES string of the molecule is CC(=O)OC[C@@H]1O[C@@H](Oc2ccc3c(=O)c(-c4nc(C)cs4)coc3c2)[C@@H](OC(C)=O)[C@@H](OC(C)=O)[C@@H]1OC(C)=O. The van der Waals surface area contributed by atoms with Crippen LogP contribution in [-0.4, -0.2) is 66.2 Å². The lowest BCUT2D eigenvalue weighted by Crippen LogP contribution is -2.63. The van der Waals surface area contributed by atoms with Crippen LogP contribution in [0.5, 0.6) is 5.75 Å². The van der Waals surface area contributed by atoms with Crippen LogP contribution in [0.1, 0.15) is 33.4 Å². The first kappa shape index (κ1) is 29.7. The Balaban J connectivity index is 1.70. The van der Waals surface area contributed by atoms with Crippen LogP contribution in [0.25, 0.3) is 21.5 Å². The van der Waals surface area contributed by atoms with E-state index in [1.165, 1.54) is 42.7 Å². The number of ether oxygens (including phenoxy) is 6. The smallest absolute Gasteiger partial charge is 0.303 e. The van der Waals surface area contributed by atoms with Gasteiger partial charge in [0.05, 0.1) is 10.9 Å². The summed E-state index contributed by atoms with van der Waals surface area (Å²) in [6.07, 6.45) is -5.41. The van der Waals surface area contributed by atoms with Gasteiger partial charge in [-0.15, -0.1) is 11.3 Å². The Bertz CT molecular complexity index is 1530. The van der Waals surface area contributed by atoms with Crippen LogP contribution >= 0.6 is 11.3 Å². The van der Waals surface area contributed by atoms with Crippen molar-refractivity contribution in [2.24, 2.45) is 0 Å². The number of nitrogens with zero attached hydrogens (tertiary/aromatic N) is 1. The molecule has 1 aliphatic rings. The molecule has 0 aliphatic carbocycles. The van der Waals surface area contributed by atoms with E-state index in [1.807, 2.05) is 12.3 Å². The van der Waals surface area contributed by atoms with Crippen molar-refractivity contribution >= 4 is 46.2 Å². The third-order valence-electron chi connectivity index (χ3n) is 5.80. The molecule has 0 radical (unpaired) electrons. The van der Waals surface area contributed by atoms with Gasteiger partial charge in [0.2, 0.25) is 17.8 Å². The lowest BCUT2D eigenvalue weighted by Gasteiger charge is -2.43. The molecule has 3 aromatic rings. The average molecular weight is 590 g/mol. The molecule has 1 aromatic carbocycles. The van der Waals surface area contributed by atoms with Crippen molar-refractivity contribution in [1.82, 2.24) is 4.98 Å². The molecule has 0 N–H and O–H groups in total. The second-order valence-corrected chi connectivity index (χ2v) is 9.97. The Hall–Kier alpha value is -4.30. The third kappa shape index (κ3) is 7.08. The number of hydrogen-bond donors (Lipinski definition) is 0. The van der Waals surface area contributed by atoms with Crippen molar-refractivity contribution in [3.8, 4) is 16.3 Å². The summed E-state index contributed by atoms with van der Waals surface area (Å²) in [4.78, 5) is 64.9. The first-order chi connectivity index (χ1) is 19.4. The summed E-state index contributed by atoms with van der Waals surface area (Å²) in [6, 6.07) is 4.40. The molecule has 14 heteroatoms. The molecule has 1 aliphatic heterocycles. The summed E-state index contributed by atoms with van der Waals surface area (Å²) in [6.45, 7) is 5.96. The second kappa shape index (κ2) is 12.5. The van der Waals surface area contributed by atoms with E-state index < -0.39 is 61.2 Å². The van der Waals surface area contributed by atoms with E-state index in [9.17, 15) is 24.0 Å². The van der Waals surface area contributed by atoms with Crippen molar-refractivity contribution < 1.29 is 52.0 Å². The summed E-state index contributed by atoms with van der Waals surface area (Å²) < 4.78 is 38.9. The van der Waals surface area contributed by atoms with E-state index in [4.69, 9.17) is 32.8 Å². The molecule has 0 amide bonds. The zero-order chi connectivity index (χ0) is 29.8. The number of carbonyl (C=O) groups is 4. The van der Waals surface area contributed by atoms with Gasteiger partial charge >= 0.3 is 23.9 Å². The Morgan fingerprint density at radius 3 is 2.20 bits per heavy atom. The number of benzene rings is 1. The van der Waals surface area contributed by atoms with E-state index >= 15 is 0 Å². The van der Waals surface area contributed by atoms with Gasteiger partial charge in [0, 0.05) is 44.8 Å². The standard InChI is InChI=1S/C27H27NO12S/c1-12-11-41-26(28-12)19-9-35-20-8-17(6-7-18(20)22(19)33)39-27-25(38-16(5)32)24(37-15(4)31)23(36-14(3)30)21(40-27)10-34-13(2)29/h6-9,11,21,23-25,27H,10H2,1-5H3/t21-,23+,24-,25-,27+/m0/s1. The molecule has 5 atom stereocenters. The van der Waals surface area contributed by atoms with E-state index in [-0.39, 0.29) is 22.1 Å². The van der Waals surface area contributed by atoms with Gasteiger partial charge in [-0.2, -0.15) is 0 Å². The maximum atomic E-state index is 13.1. The molecule has 1 saturated heterocycles. The maximum absolute atomic E-state index is 13.1. The first-order valence-corrected chi connectivity index (χ1v) is 13.3. The zero-order valence-corrected chi connectivity index (χ0v) is 23.6. The molecule has 13 nitrogen and oxygen atoms in total. The second-order valence-electron chi connectivity index (χ2n) is 9.12. The normalized spacial score (nSPS) is 22.0. The van der Waals surface area contributed by atoms with Crippen molar-refractivity contribution in [2.45, 2.75) is 65.3 Å². The lowest BCUT2D eigenvalue weighted by molar-refractivity contribution is -0.288. The van der Waals surface area contributed by atoms with Crippen molar-refractivity contribution in [3.05, 3.63) is 45.8 Å². The summed E-state index contributed by atoms with van der Waals surface area (Å²) in [5.41, 5.74) is 0.983. The molecule has 2 aromatic heterocycles. The van der Waals surface area contributed by atoms with Crippen molar-refractivity contribution in [3.63, 3.8) is 0 Å². The molecule has 0 spiro atoms. The highest BCUT2D eigenvalue weighted by Crippen LogP contribution is 2.32. The van der Waals surface area contributed by atoms with Gasteiger partial charge in [-0.05, 0) is 19.1 Å². The quantitative estimate of drug-likeness (QED) is 0.278. The third-order valence-corrected chi connectivity index (χ3v) is 6.79. The number of esters is 4. The van der Waals surface area contributed by atoms with E-state index in [0.717, 1.165) is 26.5 Å². The Labute approximate surface area is 237 Å². The number of aromatic nitrogens is 1. The predicted octanol–water partition coefficient (Wildman–Crippen LogP) is 2.69. The number of hydrogen-bond acceptors (Lipinski definition) is 14. The summed E-state index contributed by atoms with van der Waals surface area (Å²) in [5, 5.41) is 2.61. The highest BCUT2D eigenvalue weighted by molar-refractivity contribution is 7.13. The van der Waals surface area contributed by atoms with Gasteiger partial charge < -0.3 is 32.8 Å². The van der Waals surface area contributed by atoms with Gasteiger partial charge in [-0.25, -0.2) is 4.98 Å².